The van der Waals surface area contributed by atoms with E-state index >= 15 is 0 Å². The Kier molecular flexibility index (Phi) is 12.1. The van der Waals surface area contributed by atoms with E-state index in [0.717, 1.165) is 56.4 Å². The molecule has 2 heterocycles. The van der Waals surface area contributed by atoms with Gasteiger partial charge in [-0.15, -0.1) is 24.8 Å². The molecule has 1 aliphatic rings. The van der Waals surface area contributed by atoms with Gasteiger partial charge in [-0.05, 0) is 75.4 Å². The maximum absolute atomic E-state index is 5.48. The van der Waals surface area contributed by atoms with Crippen molar-refractivity contribution in [1.29, 1.82) is 0 Å². The second-order valence-electron chi connectivity index (χ2n) is 7.95. The first-order valence-corrected chi connectivity index (χ1v) is 10.9. The van der Waals surface area contributed by atoms with E-state index in [2.05, 4.69) is 59.1 Å². The summed E-state index contributed by atoms with van der Waals surface area (Å²) in [4.78, 5) is 9.63. The van der Waals surface area contributed by atoms with Gasteiger partial charge < -0.3 is 15.0 Å². The summed E-state index contributed by atoms with van der Waals surface area (Å²) < 4.78 is 5.48. The Hall–Kier alpha value is -1.69. The van der Waals surface area contributed by atoms with Crippen molar-refractivity contribution in [3.8, 4) is 5.75 Å². The average Bonchev–Trinajstić information content (AvgIpc) is 2.72. The van der Waals surface area contributed by atoms with Crippen LogP contribution in [0.2, 0.25) is 0 Å². The summed E-state index contributed by atoms with van der Waals surface area (Å²) in [5, 5.41) is 3.43. The van der Waals surface area contributed by atoms with Gasteiger partial charge in [0.05, 0.1) is 12.8 Å². The maximum atomic E-state index is 5.48. The molecule has 1 saturated heterocycles. The van der Waals surface area contributed by atoms with Crippen LogP contribution >= 0.6 is 24.8 Å². The Labute approximate surface area is 200 Å². The predicted octanol–water partition coefficient (Wildman–Crippen LogP) is 5.13. The monoisotopic (exact) mass is 468 g/mol. The molecule has 1 aromatic heterocycles. The number of benzene rings is 1. The van der Waals surface area contributed by atoms with E-state index < -0.39 is 0 Å². The minimum atomic E-state index is 0. The number of anilines is 2. The van der Waals surface area contributed by atoms with E-state index in [4.69, 9.17) is 4.74 Å². The Morgan fingerprint density at radius 3 is 2.32 bits per heavy atom. The number of aromatic nitrogens is 1. The molecule has 1 N–H and O–H groups in total. The third kappa shape index (κ3) is 7.44. The van der Waals surface area contributed by atoms with E-state index in [1.165, 1.54) is 36.1 Å². The van der Waals surface area contributed by atoms with Crippen LogP contribution in [0.3, 0.4) is 0 Å². The second kappa shape index (κ2) is 13.7. The highest BCUT2D eigenvalue weighted by atomic mass is 35.5. The van der Waals surface area contributed by atoms with E-state index in [1.54, 1.807) is 7.11 Å². The van der Waals surface area contributed by atoms with E-state index in [9.17, 15) is 0 Å². The van der Waals surface area contributed by atoms with Gasteiger partial charge >= 0.3 is 0 Å². The van der Waals surface area contributed by atoms with Gasteiger partial charge in [0.15, 0.2) is 5.82 Å². The first-order chi connectivity index (χ1) is 14.1. The van der Waals surface area contributed by atoms with Crippen LogP contribution in [0.5, 0.6) is 5.75 Å². The Morgan fingerprint density at radius 1 is 1.03 bits per heavy atom. The molecule has 0 aliphatic carbocycles. The zero-order chi connectivity index (χ0) is 20.6. The van der Waals surface area contributed by atoms with Crippen molar-refractivity contribution in [3.05, 3.63) is 47.2 Å². The van der Waals surface area contributed by atoms with E-state index in [-0.39, 0.29) is 24.8 Å². The normalized spacial score (nSPS) is 13.9. The molecule has 1 aromatic carbocycles. The molecule has 1 fully saturated rings. The number of ether oxygens (including phenoxy) is 1. The third-order valence-corrected chi connectivity index (χ3v) is 5.74. The Morgan fingerprint density at radius 2 is 1.71 bits per heavy atom. The fraction of sp³-hybridized carbons (Fsp3) is 0.542. The number of halogens is 2. The number of hydrogen-bond donors (Lipinski definition) is 1. The fourth-order valence-corrected chi connectivity index (χ4v) is 4.33. The lowest BCUT2D eigenvalue weighted by molar-refractivity contribution is 0.252. The van der Waals surface area contributed by atoms with Crippen LogP contribution < -0.4 is 15.0 Å². The number of piperazine rings is 1. The second-order valence-corrected chi connectivity index (χ2v) is 7.95. The lowest BCUT2D eigenvalue weighted by atomic mass is 10.0. The minimum absolute atomic E-state index is 0. The zero-order valence-electron chi connectivity index (χ0n) is 19.3. The highest BCUT2D eigenvalue weighted by Crippen LogP contribution is 2.26. The molecular formula is C24H38Cl2N4O. The molecule has 2 aromatic rings. The quantitative estimate of drug-likeness (QED) is 0.516. The fourth-order valence-electron chi connectivity index (χ4n) is 4.33. The lowest BCUT2D eigenvalue weighted by Gasteiger charge is -2.36. The van der Waals surface area contributed by atoms with Gasteiger partial charge in [-0.1, -0.05) is 12.1 Å². The number of unbranched alkanes of at least 4 members (excludes halogenated alkanes) is 1. The first-order valence-electron chi connectivity index (χ1n) is 10.9. The summed E-state index contributed by atoms with van der Waals surface area (Å²) >= 11 is 0. The van der Waals surface area contributed by atoms with Gasteiger partial charge in [-0.2, -0.15) is 0 Å². The molecule has 31 heavy (non-hydrogen) atoms. The molecule has 0 saturated carbocycles. The van der Waals surface area contributed by atoms with E-state index in [0.29, 0.717) is 0 Å². The van der Waals surface area contributed by atoms with Crippen molar-refractivity contribution in [2.24, 2.45) is 0 Å². The first kappa shape index (κ1) is 27.3. The van der Waals surface area contributed by atoms with Crippen molar-refractivity contribution in [2.45, 2.75) is 40.0 Å². The third-order valence-electron chi connectivity index (χ3n) is 5.74. The predicted molar refractivity (Wildman–Crippen MR) is 137 cm³/mol. The number of aryl methyl sites for hydroxylation is 3. The zero-order valence-corrected chi connectivity index (χ0v) is 21.0. The van der Waals surface area contributed by atoms with Crippen LogP contribution in [0, 0.1) is 13.8 Å². The molecular weight excluding hydrogens is 431 g/mol. The molecule has 0 radical (unpaired) electrons. The van der Waals surface area contributed by atoms with Crippen LogP contribution in [-0.4, -0.2) is 56.3 Å². The molecule has 0 unspecified atom stereocenters. The molecule has 1 aliphatic heterocycles. The van der Waals surface area contributed by atoms with Crippen LogP contribution in [0.15, 0.2) is 30.5 Å². The molecule has 0 spiro atoms. The highest BCUT2D eigenvalue weighted by molar-refractivity contribution is 5.85. The van der Waals surface area contributed by atoms with Gasteiger partial charge in [-0.25, -0.2) is 4.98 Å². The van der Waals surface area contributed by atoms with Gasteiger partial charge in [0, 0.05) is 38.9 Å². The van der Waals surface area contributed by atoms with Gasteiger partial charge in [0.1, 0.15) is 5.75 Å². The summed E-state index contributed by atoms with van der Waals surface area (Å²) in [5.74, 6) is 2.12. The lowest BCUT2D eigenvalue weighted by Crippen LogP contribution is -2.47. The smallest absolute Gasteiger partial charge is 0.152 e. The average molecular weight is 470 g/mol. The number of nitrogens with zero attached hydrogens (tertiary/aromatic N) is 3. The van der Waals surface area contributed by atoms with Gasteiger partial charge in [0.2, 0.25) is 0 Å². The number of nitrogens with one attached hydrogen (secondary N) is 1. The topological polar surface area (TPSA) is 40.6 Å². The van der Waals surface area contributed by atoms with Crippen molar-refractivity contribution < 1.29 is 4.74 Å². The standard InChI is InChI=1S/C24H36N4O.2ClH/c1-5-25-22-10-8-11-26-24(22)28-15-13-27(14-16-28)12-7-6-9-21-17-19(2)23(29-4)20(3)18-21;;/h8,10-11,17-18,25H,5-7,9,12-16H2,1-4H3;2*1H. The summed E-state index contributed by atoms with van der Waals surface area (Å²) in [6.07, 6.45) is 5.52. The molecule has 0 amide bonds. The number of rotatable bonds is 9. The molecule has 5 nitrogen and oxygen atoms in total. The summed E-state index contributed by atoms with van der Waals surface area (Å²) in [6, 6.07) is 8.68. The van der Waals surface area contributed by atoms with Gasteiger partial charge in [0.25, 0.3) is 0 Å². The van der Waals surface area contributed by atoms with Crippen molar-refractivity contribution in [2.75, 3.05) is 56.6 Å². The maximum Gasteiger partial charge on any atom is 0.152 e. The van der Waals surface area contributed by atoms with Gasteiger partial charge in [-0.3, -0.25) is 4.90 Å². The van der Waals surface area contributed by atoms with Crippen LogP contribution in [0.4, 0.5) is 11.5 Å². The molecule has 0 bridgehead atoms. The summed E-state index contributed by atoms with van der Waals surface area (Å²) in [6.45, 7) is 12.8. The molecule has 3 rings (SSSR count). The highest BCUT2D eigenvalue weighted by Gasteiger charge is 2.19. The van der Waals surface area contributed by atoms with E-state index in [1.807, 2.05) is 12.3 Å². The Bertz CT molecular complexity index is 772. The number of pyridine rings is 1. The summed E-state index contributed by atoms with van der Waals surface area (Å²) in [5.41, 5.74) is 5.06. The van der Waals surface area contributed by atoms with Crippen LogP contribution in [0.1, 0.15) is 36.5 Å². The molecule has 174 valence electrons. The van der Waals surface area contributed by atoms with Crippen molar-refractivity contribution >= 4 is 36.3 Å². The SMILES string of the molecule is CCNc1cccnc1N1CCN(CCCCc2cc(C)c(OC)c(C)c2)CC1.Cl.Cl. The van der Waals surface area contributed by atoms with Crippen LogP contribution in [0.25, 0.3) is 0 Å². The van der Waals surface area contributed by atoms with Crippen LogP contribution in [-0.2, 0) is 6.42 Å². The minimum Gasteiger partial charge on any atom is -0.496 e. The van der Waals surface area contributed by atoms with Crippen molar-refractivity contribution in [1.82, 2.24) is 9.88 Å². The number of hydrogen-bond acceptors (Lipinski definition) is 5. The molecule has 7 heteroatoms. The summed E-state index contributed by atoms with van der Waals surface area (Å²) in [7, 11) is 1.75. The van der Waals surface area contributed by atoms with Crippen molar-refractivity contribution in [3.63, 3.8) is 0 Å². The molecule has 0 atom stereocenters. The number of methoxy groups -OCH3 is 1. The Balaban J connectivity index is 0.00000240. The largest absolute Gasteiger partial charge is 0.496 e.